The Balaban J connectivity index is 1.37. The van der Waals surface area contributed by atoms with Crippen molar-refractivity contribution < 1.29 is 19.4 Å². The molecule has 0 atom stereocenters. The van der Waals surface area contributed by atoms with E-state index in [1.165, 1.54) is 11.3 Å². The molecule has 2 aliphatic rings. The highest BCUT2D eigenvalue weighted by molar-refractivity contribution is 7.14. The van der Waals surface area contributed by atoms with Gasteiger partial charge in [0.15, 0.2) is 0 Å². The number of fused-ring (bicyclic) bond motifs is 3. The van der Waals surface area contributed by atoms with Crippen molar-refractivity contribution in [3.05, 3.63) is 57.2 Å². The normalized spacial score (nSPS) is 18.2. The van der Waals surface area contributed by atoms with E-state index in [1.807, 2.05) is 34.6 Å². The molecule has 1 spiro atoms. The molecular formula is C21H21N3O4S. The Kier molecular flexibility index (Phi) is 4.22. The molecule has 2 aliphatic heterocycles. The van der Waals surface area contributed by atoms with Crippen LogP contribution in [0.1, 0.15) is 49.0 Å². The van der Waals surface area contributed by atoms with Crippen LogP contribution in [0.25, 0.3) is 5.65 Å². The highest BCUT2D eigenvalue weighted by Gasteiger charge is 2.43. The van der Waals surface area contributed by atoms with Gasteiger partial charge in [-0.2, -0.15) is 0 Å². The predicted molar refractivity (Wildman–Crippen MR) is 108 cm³/mol. The predicted octanol–water partition coefficient (Wildman–Crippen LogP) is 3.11. The quantitative estimate of drug-likeness (QED) is 0.701. The third-order valence-corrected chi connectivity index (χ3v) is 7.16. The molecule has 3 aromatic rings. The van der Waals surface area contributed by atoms with Crippen LogP contribution < -0.4 is 0 Å². The number of aromatic carboxylic acids is 1. The van der Waals surface area contributed by atoms with Crippen LogP contribution in [0.2, 0.25) is 0 Å². The standard InChI is InChI=1S/C21H21N3O4S/c1-13-3-2-7-24-12-15(22-18(13)24)19(25)23-8-5-21(6-9-23)14-11-17(20(26)27)29-16(14)4-10-28-21/h2-3,7,11-12H,4-6,8-10H2,1H3,(H,26,27). The molecule has 7 nitrogen and oxygen atoms in total. The number of rotatable bonds is 2. The molecule has 150 valence electrons. The topological polar surface area (TPSA) is 84.1 Å². The van der Waals surface area contributed by atoms with Crippen molar-refractivity contribution in [2.75, 3.05) is 19.7 Å². The highest BCUT2D eigenvalue weighted by atomic mass is 32.1. The summed E-state index contributed by atoms with van der Waals surface area (Å²) in [6.45, 7) is 3.68. The summed E-state index contributed by atoms with van der Waals surface area (Å²) < 4.78 is 8.06. The zero-order chi connectivity index (χ0) is 20.2. The Bertz CT molecular complexity index is 1120. The van der Waals surface area contributed by atoms with E-state index in [2.05, 4.69) is 4.98 Å². The van der Waals surface area contributed by atoms with E-state index in [0.29, 0.717) is 43.1 Å². The summed E-state index contributed by atoms with van der Waals surface area (Å²) in [6, 6.07) is 5.68. The average molecular weight is 411 g/mol. The number of pyridine rings is 1. The maximum atomic E-state index is 13.0. The van der Waals surface area contributed by atoms with Crippen LogP contribution >= 0.6 is 11.3 Å². The van der Waals surface area contributed by atoms with E-state index in [0.717, 1.165) is 28.1 Å². The summed E-state index contributed by atoms with van der Waals surface area (Å²) >= 11 is 1.35. The minimum Gasteiger partial charge on any atom is -0.477 e. The summed E-state index contributed by atoms with van der Waals surface area (Å²) in [4.78, 5) is 32.2. The van der Waals surface area contributed by atoms with Crippen LogP contribution in [0, 0.1) is 6.92 Å². The molecule has 0 saturated carbocycles. The first-order valence-electron chi connectivity index (χ1n) is 9.71. The maximum absolute atomic E-state index is 13.0. The Morgan fingerprint density at radius 1 is 1.31 bits per heavy atom. The van der Waals surface area contributed by atoms with Gasteiger partial charge in [0.25, 0.3) is 5.91 Å². The van der Waals surface area contributed by atoms with Gasteiger partial charge in [0.2, 0.25) is 0 Å². The van der Waals surface area contributed by atoms with Gasteiger partial charge in [-0.05, 0) is 43.0 Å². The molecule has 8 heteroatoms. The molecule has 0 bridgehead atoms. The molecule has 1 amide bonds. The van der Waals surface area contributed by atoms with Crippen LogP contribution in [0.4, 0.5) is 0 Å². The van der Waals surface area contributed by atoms with E-state index in [4.69, 9.17) is 4.74 Å². The van der Waals surface area contributed by atoms with Gasteiger partial charge in [0.1, 0.15) is 16.2 Å². The lowest BCUT2D eigenvalue weighted by Crippen LogP contribution is -2.48. The lowest BCUT2D eigenvalue weighted by Gasteiger charge is -2.43. The maximum Gasteiger partial charge on any atom is 0.345 e. The lowest BCUT2D eigenvalue weighted by atomic mass is 9.82. The van der Waals surface area contributed by atoms with Crippen LogP contribution in [-0.2, 0) is 16.8 Å². The molecule has 0 unspecified atom stereocenters. The number of carboxylic acids is 1. The number of ether oxygens (including phenoxy) is 1. The molecule has 29 heavy (non-hydrogen) atoms. The van der Waals surface area contributed by atoms with Crippen molar-refractivity contribution in [3.8, 4) is 0 Å². The van der Waals surface area contributed by atoms with E-state index in [1.54, 1.807) is 12.3 Å². The Labute approximate surface area is 171 Å². The number of imidazole rings is 1. The first-order valence-corrected chi connectivity index (χ1v) is 10.5. The molecule has 1 N–H and O–H groups in total. The van der Waals surface area contributed by atoms with Crippen LogP contribution in [0.5, 0.6) is 0 Å². The third-order valence-electron chi connectivity index (χ3n) is 5.97. The van der Waals surface area contributed by atoms with Crippen LogP contribution in [-0.4, -0.2) is 51.0 Å². The first-order chi connectivity index (χ1) is 14.0. The van der Waals surface area contributed by atoms with Gasteiger partial charge in [-0.25, -0.2) is 9.78 Å². The Morgan fingerprint density at radius 2 is 2.10 bits per heavy atom. The zero-order valence-electron chi connectivity index (χ0n) is 16.1. The number of hydrogen-bond acceptors (Lipinski definition) is 5. The van der Waals surface area contributed by atoms with Crippen molar-refractivity contribution in [1.82, 2.24) is 14.3 Å². The number of aromatic nitrogens is 2. The van der Waals surface area contributed by atoms with Crippen LogP contribution in [0.15, 0.2) is 30.6 Å². The number of piperidine rings is 1. The van der Waals surface area contributed by atoms with Crippen LogP contribution in [0.3, 0.4) is 0 Å². The first kappa shape index (κ1) is 18.3. The molecule has 0 aromatic carbocycles. The second kappa shape index (κ2) is 6.67. The van der Waals surface area contributed by atoms with Gasteiger partial charge in [-0.15, -0.1) is 11.3 Å². The van der Waals surface area contributed by atoms with Crippen molar-refractivity contribution in [2.45, 2.75) is 31.8 Å². The summed E-state index contributed by atoms with van der Waals surface area (Å²) in [5.74, 6) is -0.968. The summed E-state index contributed by atoms with van der Waals surface area (Å²) in [5, 5.41) is 9.35. The number of carboxylic acid groups (broad SMARTS) is 1. The number of likely N-dealkylation sites (tertiary alicyclic amines) is 1. The number of carbonyl (C=O) groups is 2. The van der Waals surface area contributed by atoms with Gasteiger partial charge >= 0.3 is 5.97 Å². The monoisotopic (exact) mass is 411 g/mol. The SMILES string of the molecule is Cc1cccn2cc(C(=O)N3CCC4(CC3)OCCc3sc(C(=O)O)cc34)nc12. The number of carbonyl (C=O) groups excluding carboxylic acids is 1. The molecule has 1 fully saturated rings. The van der Waals surface area contributed by atoms with Crippen molar-refractivity contribution >= 4 is 28.9 Å². The van der Waals surface area contributed by atoms with Crippen molar-refractivity contribution in [2.24, 2.45) is 0 Å². The van der Waals surface area contributed by atoms with Crippen molar-refractivity contribution in [1.29, 1.82) is 0 Å². The Morgan fingerprint density at radius 3 is 2.83 bits per heavy atom. The summed E-state index contributed by atoms with van der Waals surface area (Å²) in [5.41, 5.74) is 2.79. The molecule has 0 radical (unpaired) electrons. The van der Waals surface area contributed by atoms with Gasteiger partial charge in [0.05, 0.1) is 12.2 Å². The lowest BCUT2D eigenvalue weighted by molar-refractivity contribution is -0.0926. The molecular weight excluding hydrogens is 390 g/mol. The van der Waals surface area contributed by atoms with Gasteiger partial charge < -0.3 is 19.1 Å². The minimum atomic E-state index is -0.894. The smallest absolute Gasteiger partial charge is 0.345 e. The minimum absolute atomic E-state index is 0.0736. The summed E-state index contributed by atoms with van der Waals surface area (Å²) in [7, 11) is 0. The van der Waals surface area contributed by atoms with E-state index in [-0.39, 0.29) is 5.91 Å². The van der Waals surface area contributed by atoms with E-state index in [9.17, 15) is 14.7 Å². The van der Waals surface area contributed by atoms with Gasteiger partial charge in [-0.1, -0.05) is 6.07 Å². The third kappa shape index (κ3) is 2.94. The summed E-state index contributed by atoms with van der Waals surface area (Å²) in [6.07, 6.45) is 5.74. The fourth-order valence-electron chi connectivity index (χ4n) is 4.43. The largest absolute Gasteiger partial charge is 0.477 e. The second-order valence-electron chi connectivity index (χ2n) is 7.69. The number of nitrogens with zero attached hydrogens (tertiary/aromatic N) is 3. The van der Waals surface area contributed by atoms with Gasteiger partial charge in [-0.3, -0.25) is 4.79 Å². The van der Waals surface area contributed by atoms with E-state index >= 15 is 0 Å². The number of hydrogen-bond donors (Lipinski definition) is 1. The average Bonchev–Trinajstić information content (AvgIpc) is 3.34. The number of aryl methyl sites for hydroxylation is 1. The van der Waals surface area contributed by atoms with Gasteiger partial charge in [0, 0.05) is 36.8 Å². The number of thiophene rings is 1. The molecule has 1 saturated heterocycles. The molecule has 3 aromatic heterocycles. The molecule has 5 rings (SSSR count). The highest BCUT2D eigenvalue weighted by Crippen LogP contribution is 2.44. The second-order valence-corrected chi connectivity index (χ2v) is 8.82. The van der Waals surface area contributed by atoms with E-state index < -0.39 is 11.6 Å². The fourth-order valence-corrected chi connectivity index (χ4v) is 5.50. The fraction of sp³-hybridized carbons (Fsp3) is 0.381. The number of amides is 1. The molecule has 0 aliphatic carbocycles. The Hall–Kier alpha value is -2.71. The molecule has 5 heterocycles. The van der Waals surface area contributed by atoms with Crippen molar-refractivity contribution in [3.63, 3.8) is 0 Å². The zero-order valence-corrected chi connectivity index (χ0v) is 16.9.